The van der Waals surface area contributed by atoms with Crippen LogP contribution in [0.1, 0.15) is 58.9 Å². The van der Waals surface area contributed by atoms with Gasteiger partial charge in [0.2, 0.25) is 0 Å². The molecule has 2 rings (SSSR count). The Labute approximate surface area is 129 Å². The van der Waals surface area contributed by atoms with Gasteiger partial charge in [0.25, 0.3) is 0 Å². The van der Waals surface area contributed by atoms with Crippen LogP contribution in [0.15, 0.2) is 6.33 Å². The number of hydrogen-bond donors (Lipinski definition) is 1. The lowest BCUT2D eigenvalue weighted by Gasteiger charge is -2.38. The van der Waals surface area contributed by atoms with E-state index in [1.54, 1.807) is 6.33 Å². The van der Waals surface area contributed by atoms with Crippen molar-refractivity contribution in [3.8, 4) is 0 Å². The van der Waals surface area contributed by atoms with E-state index in [0.29, 0.717) is 6.04 Å². The van der Waals surface area contributed by atoms with E-state index in [4.69, 9.17) is 0 Å². The maximum absolute atomic E-state index is 4.65. The van der Waals surface area contributed by atoms with Crippen LogP contribution >= 0.6 is 0 Å². The average Bonchev–Trinajstić information content (AvgIpc) is 2.49. The van der Waals surface area contributed by atoms with Gasteiger partial charge in [-0.2, -0.15) is 0 Å². The SMILES string of the molecule is CCCNc1ncnc(N2CC(C)CCC2C)c1CCC. The van der Waals surface area contributed by atoms with E-state index in [9.17, 15) is 0 Å². The smallest absolute Gasteiger partial charge is 0.137 e. The van der Waals surface area contributed by atoms with Crippen molar-refractivity contribution >= 4 is 11.6 Å². The van der Waals surface area contributed by atoms with Gasteiger partial charge in [-0.25, -0.2) is 9.97 Å². The second-order valence-corrected chi connectivity index (χ2v) is 6.39. The van der Waals surface area contributed by atoms with Crippen molar-refractivity contribution in [1.82, 2.24) is 9.97 Å². The molecule has 1 aromatic heterocycles. The molecule has 0 aliphatic carbocycles. The van der Waals surface area contributed by atoms with Gasteiger partial charge in [-0.3, -0.25) is 0 Å². The molecule has 4 nitrogen and oxygen atoms in total. The Kier molecular flexibility index (Phi) is 5.83. The van der Waals surface area contributed by atoms with Crippen molar-refractivity contribution in [2.75, 3.05) is 23.3 Å². The molecule has 1 aliphatic rings. The monoisotopic (exact) mass is 290 g/mol. The molecule has 1 N–H and O–H groups in total. The molecule has 1 fully saturated rings. The zero-order chi connectivity index (χ0) is 15.2. The first-order valence-electron chi connectivity index (χ1n) is 8.51. The van der Waals surface area contributed by atoms with E-state index >= 15 is 0 Å². The summed E-state index contributed by atoms with van der Waals surface area (Å²) in [5.41, 5.74) is 1.30. The molecule has 0 bridgehead atoms. The highest BCUT2D eigenvalue weighted by Gasteiger charge is 2.26. The second-order valence-electron chi connectivity index (χ2n) is 6.39. The zero-order valence-corrected chi connectivity index (χ0v) is 14.0. The van der Waals surface area contributed by atoms with Crippen molar-refractivity contribution in [3.63, 3.8) is 0 Å². The van der Waals surface area contributed by atoms with Crippen LogP contribution in [-0.2, 0) is 6.42 Å². The highest BCUT2D eigenvalue weighted by Crippen LogP contribution is 2.31. The molecule has 2 unspecified atom stereocenters. The Bertz CT molecular complexity index is 446. The summed E-state index contributed by atoms with van der Waals surface area (Å²) in [5.74, 6) is 2.94. The fraction of sp³-hybridized carbons (Fsp3) is 0.765. The van der Waals surface area contributed by atoms with Gasteiger partial charge in [-0.15, -0.1) is 0 Å². The Hall–Kier alpha value is -1.32. The minimum atomic E-state index is 0.575. The molecule has 4 heteroatoms. The van der Waals surface area contributed by atoms with Crippen LogP contribution in [0.25, 0.3) is 0 Å². The lowest BCUT2D eigenvalue weighted by molar-refractivity contribution is 0.387. The van der Waals surface area contributed by atoms with Crippen molar-refractivity contribution in [2.24, 2.45) is 5.92 Å². The minimum absolute atomic E-state index is 0.575. The van der Waals surface area contributed by atoms with Gasteiger partial charge in [0.1, 0.15) is 18.0 Å². The summed E-state index contributed by atoms with van der Waals surface area (Å²) in [7, 11) is 0. The molecule has 1 saturated heterocycles. The Balaban J connectivity index is 2.32. The van der Waals surface area contributed by atoms with Gasteiger partial charge in [-0.1, -0.05) is 27.2 Å². The predicted molar refractivity (Wildman–Crippen MR) is 90.0 cm³/mol. The summed E-state index contributed by atoms with van der Waals surface area (Å²) in [5, 5.41) is 3.48. The summed E-state index contributed by atoms with van der Waals surface area (Å²) in [6.45, 7) is 11.2. The van der Waals surface area contributed by atoms with Crippen molar-refractivity contribution in [2.45, 2.75) is 65.8 Å². The second kappa shape index (κ2) is 7.62. The van der Waals surface area contributed by atoms with Crippen LogP contribution < -0.4 is 10.2 Å². The minimum Gasteiger partial charge on any atom is -0.370 e. The highest BCUT2D eigenvalue weighted by atomic mass is 15.2. The van der Waals surface area contributed by atoms with Gasteiger partial charge >= 0.3 is 0 Å². The molecular formula is C17H30N4. The van der Waals surface area contributed by atoms with Crippen LogP contribution in [0.4, 0.5) is 11.6 Å². The van der Waals surface area contributed by atoms with Crippen LogP contribution in [0.5, 0.6) is 0 Å². The topological polar surface area (TPSA) is 41.1 Å². The molecule has 21 heavy (non-hydrogen) atoms. The molecule has 0 radical (unpaired) electrons. The van der Waals surface area contributed by atoms with Gasteiger partial charge in [-0.05, 0) is 38.5 Å². The van der Waals surface area contributed by atoms with Gasteiger partial charge < -0.3 is 10.2 Å². The molecule has 0 saturated carbocycles. The van der Waals surface area contributed by atoms with E-state index in [1.807, 2.05) is 0 Å². The predicted octanol–water partition coefficient (Wildman–Crippen LogP) is 3.88. The number of aromatic nitrogens is 2. The summed E-state index contributed by atoms with van der Waals surface area (Å²) in [6, 6.07) is 0.575. The molecule has 1 aromatic rings. The van der Waals surface area contributed by atoms with Gasteiger partial charge in [0.15, 0.2) is 0 Å². The molecular weight excluding hydrogens is 260 g/mol. The molecule has 0 spiro atoms. The molecule has 2 atom stereocenters. The summed E-state index contributed by atoms with van der Waals surface area (Å²) in [4.78, 5) is 11.6. The van der Waals surface area contributed by atoms with Crippen LogP contribution in [-0.4, -0.2) is 29.1 Å². The van der Waals surface area contributed by atoms with E-state index in [1.165, 1.54) is 18.4 Å². The van der Waals surface area contributed by atoms with Gasteiger partial charge in [0.05, 0.1) is 0 Å². The van der Waals surface area contributed by atoms with Crippen molar-refractivity contribution in [3.05, 3.63) is 11.9 Å². The molecule has 2 heterocycles. The average molecular weight is 290 g/mol. The summed E-state index contributed by atoms with van der Waals surface area (Å²) < 4.78 is 0. The third kappa shape index (κ3) is 3.86. The number of hydrogen-bond acceptors (Lipinski definition) is 4. The third-order valence-corrected chi connectivity index (χ3v) is 4.35. The molecule has 0 aromatic carbocycles. The number of anilines is 2. The number of nitrogens with zero attached hydrogens (tertiary/aromatic N) is 3. The van der Waals surface area contributed by atoms with E-state index < -0.39 is 0 Å². The first kappa shape index (κ1) is 16.1. The largest absolute Gasteiger partial charge is 0.370 e. The van der Waals surface area contributed by atoms with Crippen molar-refractivity contribution in [1.29, 1.82) is 0 Å². The number of nitrogens with one attached hydrogen (secondary N) is 1. The van der Waals surface area contributed by atoms with Crippen LogP contribution in [0.2, 0.25) is 0 Å². The fourth-order valence-electron chi connectivity index (χ4n) is 3.11. The van der Waals surface area contributed by atoms with Crippen LogP contribution in [0, 0.1) is 5.92 Å². The Morgan fingerprint density at radius 3 is 2.71 bits per heavy atom. The standard InChI is InChI=1S/C17H30N4/c1-5-7-15-16(18-10-6-2)19-12-20-17(15)21-11-13(3)8-9-14(21)4/h12-14H,5-11H2,1-4H3,(H,18,19,20). The number of rotatable bonds is 6. The fourth-order valence-corrected chi connectivity index (χ4v) is 3.11. The van der Waals surface area contributed by atoms with Gasteiger partial charge in [0, 0.05) is 24.7 Å². The first-order valence-corrected chi connectivity index (χ1v) is 8.51. The third-order valence-electron chi connectivity index (χ3n) is 4.35. The molecule has 0 amide bonds. The Morgan fingerprint density at radius 1 is 1.19 bits per heavy atom. The quantitative estimate of drug-likeness (QED) is 0.863. The van der Waals surface area contributed by atoms with Crippen LogP contribution in [0.3, 0.4) is 0 Å². The molecule has 118 valence electrons. The maximum atomic E-state index is 4.65. The van der Waals surface area contributed by atoms with Crippen molar-refractivity contribution < 1.29 is 0 Å². The summed E-state index contributed by atoms with van der Waals surface area (Å²) in [6.07, 6.45) is 7.58. The lowest BCUT2D eigenvalue weighted by Crippen LogP contribution is -2.42. The lowest BCUT2D eigenvalue weighted by atomic mass is 9.94. The van der Waals surface area contributed by atoms with E-state index in [-0.39, 0.29) is 0 Å². The zero-order valence-electron chi connectivity index (χ0n) is 14.0. The highest BCUT2D eigenvalue weighted by molar-refractivity contribution is 5.59. The summed E-state index contributed by atoms with van der Waals surface area (Å²) >= 11 is 0. The first-order chi connectivity index (χ1) is 10.2. The molecule has 1 aliphatic heterocycles. The maximum Gasteiger partial charge on any atom is 0.137 e. The van der Waals surface area contributed by atoms with E-state index in [2.05, 4.69) is 47.9 Å². The van der Waals surface area contributed by atoms with E-state index in [0.717, 1.165) is 49.9 Å². The Morgan fingerprint density at radius 2 is 2.00 bits per heavy atom. The number of piperidine rings is 1. The normalized spacial score (nSPS) is 22.4.